The Labute approximate surface area is 52.6 Å². The van der Waals surface area contributed by atoms with Crippen LogP contribution in [-0.2, 0) is 0 Å². The molecule has 0 aromatic rings. The molecule has 5 heavy (non-hydrogen) atoms. The maximum absolute atomic E-state index is 3.88. The van der Waals surface area contributed by atoms with Crippen LogP contribution in [0.2, 0.25) is 6.82 Å². The first-order valence-corrected chi connectivity index (χ1v) is 3.15. The topological polar surface area (TPSA) is 0 Å². The van der Waals surface area contributed by atoms with Gasteiger partial charge in [-0.15, -0.1) is 0 Å². The van der Waals surface area contributed by atoms with Gasteiger partial charge in [0.1, 0.15) is 0 Å². The van der Waals surface area contributed by atoms with E-state index in [1.54, 1.807) is 0 Å². The van der Waals surface area contributed by atoms with Gasteiger partial charge in [-0.2, -0.15) is 22.4 Å². The lowest BCUT2D eigenvalue weighted by atomic mass is 9.56. The van der Waals surface area contributed by atoms with E-state index in [0.29, 0.717) is 4.46 Å². The van der Waals surface area contributed by atoms with E-state index in [1.165, 1.54) is 0 Å². The summed E-state index contributed by atoms with van der Waals surface area (Å²) >= 11 is 6.16. The molecule has 0 bridgehead atoms. The van der Waals surface area contributed by atoms with E-state index in [-0.39, 0.29) is 0 Å². The average Bonchev–Trinajstić information content (AvgIpc) is 1.38. The molecule has 4 heteroatoms. The van der Waals surface area contributed by atoms with Crippen LogP contribution in [0.15, 0.2) is 0 Å². The zero-order valence-electron chi connectivity index (χ0n) is 2.98. The standard InChI is InChI=1S/CH4B2IS/c1-3(4)2-5/h5H,1H3. The van der Waals surface area contributed by atoms with E-state index in [9.17, 15) is 0 Å². The van der Waals surface area contributed by atoms with Crippen molar-refractivity contribution in [2.75, 3.05) is 0 Å². The zero-order chi connectivity index (χ0) is 4.28. The van der Waals surface area contributed by atoms with Crippen LogP contribution in [-0.4, -0.2) is 10.9 Å². The molecule has 0 saturated heterocycles. The molecule has 1 radical (unpaired) electrons. The number of halogens is 1. The summed E-state index contributed by atoms with van der Waals surface area (Å²) in [5.74, 6) is 0. The van der Waals surface area contributed by atoms with Crippen LogP contribution >= 0.6 is 34.9 Å². The van der Waals surface area contributed by atoms with E-state index >= 15 is 0 Å². The van der Waals surface area contributed by atoms with Crippen LogP contribution < -0.4 is 0 Å². The molecule has 0 fully saturated rings. The highest BCUT2D eigenvalue weighted by Crippen LogP contribution is 1.89. The van der Waals surface area contributed by atoms with Crippen molar-refractivity contribution >= 4 is 45.8 Å². The number of hydrogen-bond donors (Lipinski definition) is 1. The highest BCUT2D eigenvalue weighted by Gasteiger charge is 1.93. The second-order valence-corrected chi connectivity index (χ2v) is 3.09. The summed E-state index contributed by atoms with van der Waals surface area (Å²) in [5.41, 5.74) is 0. The van der Waals surface area contributed by atoms with Gasteiger partial charge < -0.3 is 0 Å². The van der Waals surface area contributed by atoms with E-state index in [0.717, 1.165) is 0 Å². The molecular weight excluding hydrogens is 193 g/mol. The molecule has 0 unspecified atom stereocenters. The molecule has 0 atom stereocenters. The summed E-state index contributed by atoms with van der Waals surface area (Å²) in [7, 11) is 0. The lowest BCUT2D eigenvalue weighted by Crippen LogP contribution is -1.99. The first-order valence-electron chi connectivity index (χ1n) is 1.39. The summed E-state index contributed by atoms with van der Waals surface area (Å²) < 4.78 is 0.593. The van der Waals surface area contributed by atoms with Crippen LogP contribution in [0, 0.1) is 0 Å². The maximum atomic E-state index is 3.88. The molecule has 0 saturated carbocycles. The fourth-order valence-electron chi connectivity index (χ4n) is 0. The molecule has 27 valence electrons. The van der Waals surface area contributed by atoms with Gasteiger partial charge >= 0.3 is 0 Å². The Morgan fingerprint density at radius 1 is 2.00 bits per heavy atom. The minimum atomic E-state index is 0.593. The molecule has 0 aliphatic rings. The highest BCUT2D eigenvalue weighted by atomic mass is 127. The van der Waals surface area contributed by atoms with Gasteiger partial charge in [-0.05, 0) is 0 Å². The Balaban J connectivity index is 2.54. The van der Waals surface area contributed by atoms with Crippen molar-refractivity contribution in [3.8, 4) is 0 Å². The zero-order valence-corrected chi connectivity index (χ0v) is 6.03. The minimum absolute atomic E-state index is 0.593. The molecule has 0 aliphatic heterocycles. The summed E-state index contributed by atoms with van der Waals surface area (Å²) in [5, 5.41) is 0. The van der Waals surface area contributed by atoms with Crippen molar-refractivity contribution in [3.05, 3.63) is 0 Å². The SMILES string of the molecule is CB(I)[B]S. The summed E-state index contributed by atoms with van der Waals surface area (Å²) in [6.45, 7) is 2.08. The fourth-order valence-corrected chi connectivity index (χ4v) is 0. The summed E-state index contributed by atoms with van der Waals surface area (Å²) in [6.07, 6.45) is 1.85. The quantitative estimate of drug-likeness (QED) is 0.362. The van der Waals surface area contributed by atoms with E-state index in [4.69, 9.17) is 0 Å². The van der Waals surface area contributed by atoms with E-state index in [1.807, 2.05) is 6.45 Å². The van der Waals surface area contributed by atoms with Crippen LogP contribution in [0.25, 0.3) is 0 Å². The van der Waals surface area contributed by atoms with Crippen LogP contribution in [0.1, 0.15) is 0 Å². The Kier molecular flexibility index (Phi) is 4.22. The summed E-state index contributed by atoms with van der Waals surface area (Å²) in [6, 6.07) is 0. The van der Waals surface area contributed by atoms with Gasteiger partial charge in [-0.3, -0.25) is 0 Å². The second kappa shape index (κ2) is 3.40. The van der Waals surface area contributed by atoms with Crippen molar-refractivity contribution in [2.24, 2.45) is 0 Å². The predicted molar refractivity (Wildman–Crippen MR) is 40.4 cm³/mol. The minimum Gasteiger partial charge on any atom is -0.243 e. The van der Waals surface area contributed by atoms with Gasteiger partial charge in [0.2, 0.25) is 0 Å². The molecule has 0 aromatic carbocycles. The van der Waals surface area contributed by atoms with Crippen molar-refractivity contribution in [2.45, 2.75) is 6.82 Å². The van der Waals surface area contributed by atoms with Gasteiger partial charge in [0.05, 0.1) is 0 Å². The summed E-state index contributed by atoms with van der Waals surface area (Å²) in [4.78, 5) is 0. The van der Waals surface area contributed by atoms with Gasteiger partial charge in [0.15, 0.2) is 10.9 Å². The van der Waals surface area contributed by atoms with Crippen LogP contribution in [0.5, 0.6) is 0 Å². The van der Waals surface area contributed by atoms with Gasteiger partial charge in [0.25, 0.3) is 0 Å². The average molecular weight is 197 g/mol. The normalized spacial score (nSPS) is 7.00. The Bertz CT molecular complexity index is 23.6. The number of rotatable bonds is 1. The van der Waals surface area contributed by atoms with Gasteiger partial charge in [0, 0.05) is 0 Å². The van der Waals surface area contributed by atoms with Gasteiger partial charge in [-0.1, -0.05) is 6.82 Å². The van der Waals surface area contributed by atoms with Gasteiger partial charge in [-0.25, -0.2) is 12.5 Å². The molecular formula is CH4B2IS. The Morgan fingerprint density at radius 3 is 2.20 bits per heavy atom. The fraction of sp³-hybridized carbons (Fsp3) is 1.00. The predicted octanol–water partition coefficient (Wildman–Crippen LogP) is 1.09. The molecule has 0 aliphatic carbocycles. The third kappa shape index (κ3) is 5.21. The molecule has 0 rings (SSSR count). The first kappa shape index (κ1) is 6.21. The lowest BCUT2D eigenvalue weighted by Gasteiger charge is -1.78. The third-order valence-corrected chi connectivity index (χ3v) is 1.58. The largest absolute Gasteiger partial charge is 0.243 e. The third-order valence-electron chi connectivity index (χ3n) is 0.205. The van der Waals surface area contributed by atoms with E-state index in [2.05, 4.69) is 41.7 Å². The second-order valence-electron chi connectivity index (χ2n) is 0.827. The Morgan fingerprint density at radius 2 is 2.20 bits per heavy atom. The molecule has 0 nitrogen and oxygen atoms in total. The first-order chi connectivity index (χ1) is 2.27. The molecule has 0 aromatic heterocycles. The van der Waals surface area contributed by atoms with Crippen LogP contribution in [0.3, 0.4) is 0 Å². The van der Waals surface area contributed by atoms with Crippen molar-refractivity contribution in [1.82, 2.24) is 0 Å². The van der Waals surface area contributed by atoms with Crippen molar-refractivity contribution < 1.29 is 0 Å². The Hall–Kier alpha value is 1.21. The maximum Gasteiger partial charge on any atom is 0.188 e. The number of hydrogen-bond acceptors (Lipinski definition) is 1. The van der Waals surface area contributed by atoms with Crippen molar-refractivity contribution in [3.63, 3.8) is 0 Å². The molecule has 0 N–H and O–H groups in total. The smallest absolute Gasteiger partial charge is 0.188 e. The number of thiol groups is 1. The monoisotopic (exact) mass is 197 g/mol. The van der Waals surface area contributed by atoms with E-state index < -0.39 is 0 Å². The molecule has 0 spiro atoms. The highest BCUT2D eigenvalue weighted by molar-refractivity contribution is 14.1. The molecule has 0 amide bonds. The van der Waals surface area contributed by atoms with Crippen LogP contribution in [0.4, 0.5) is 0 Å². The van der Waals surface area contributed by atoms with Crippen molar-refractivity contribution in [1.29, 1.82) is 0 Å². The lowest BCUT2D eigenvalue weighted by molar-refractivity contribution is 2.36. The molecule has 0 heterocycles.